The van der Waals surface area contributed by atoms with E-state index >= 15 is 0 Å². The van der Waals surface area contributed by atoms with Crippen LogP contribution in [0.25, 0.3) is 21.3 Å². The van der Waals surface area contributed by atoms with E-state index in [1.54, 1.807) is 23.0 Å². The van der Waals surface area contributed by atoms with Crippen molar-refractivity contribution in [3.8, 4) is 11.1 Å². The molecule has 4 nitrogen and oxygen atoms in total. The number of aryl methyl sites for hydroxylation is 2. The van der Waals surface area contributed by atoms with Crippen LogP contribution in [-0.4, -0.2) is 23.3 Å². The van der Waals surface area contributed by atoms with Gasteiger partial charge in [-0.2, -0.15) is 0 Å². The van der Waals surface area contributed by atoms with E-state index in [0.29, 0.717) is 18.5 Å². The molecule has 0 N–H and O–H groups in total. The summed E-state index contributed by atoms with van der Waals surface area (Å²) in [6.45, 7) is 9.34. The summed E-state index contributed by atoms with van der Waals surface area (Å²) in [5, 5.41) is 2.77. The van der Waals surface area contributed by atoms with E-state index in [4.69, 9.17) is 9.72 Å². The summed E-state index contributed by atoms with van der Waals surface area (Å²) in [7, 11) is 1.65. The van der Waals surface area contributed by atoms with Crippen LogP contribution in [-0.2, 0) is 11.3 Å². The lowest BCUT2D eigenvalue weighted by molar-refractivity contribution is 0.184. The van der Waals surface area contributed by atoms with Crippen molar-refractivity contribution in [2.75, 3.05) is 13.7 Å². The van der Waals surface area contributed by atoms with Crippen LogP contribution in [0.1, 0.15) is 36.7 Å². The zero-order valence-electron chi connectivity index (χ0n) is 15.4. The van der Waals surface area contributed by atoms with Gasteiger partial charge in [-0.25, -0.2) is 4.98 Å². The Morgan fingerprint density at radius 2 is 2.00 bits per heavy atom. The van der Waals surface area contributed by atoms with Crippen molar-refractivity contribution >= 4 is 21.6 Å². The van der Waals surface area contributed by atoms with Crippen molar-refractivity contribution in [3.63, 3.8) is 0 Å². The molecule has 25 heavy (non-hydrogen) atoms. The Labute approximate surface area is 152 Å². The topological polar surface area (TPSA) is 44.1 Å². The van der Waals surface area contributed by atoms with Crippen LogP contribution >= 0.6 is 11.3 Å². The van der Waals surface area contributed by atoms with Crippen molar-refractivity contribution < 1.29 is 4.74 Å². The first-order valence-corrected chi connectivity index (χ1v) is 9.40. The molecule has 1 aromatic carbocycles. The monoisotopic (exact) mass is 356 g/mol. The number of aromatic nitrogens is 2. The maximum absolute atomic E-state index is 13.2. The van der Waals surface area contributed by atoms with Gasteiger partial charge in [0.2, 0.25) is 0 Å². The molecule has 0 bridgehead atoms. The summed E-state index contributed by atoms with van der Waals surface area (Å²) in [5.41, 5.74) is 4.55. The molecule has 0 spiro atoms. The molecule has 0 aliphatic carbocycles. The normalized spacial score (nSPS) is 11.6. The fraction of sp³-hybridized carbons (Fsp3) is 0.400. The number of rotatable bonds is 5. The van der Waals surface area contributed by atoms with Crippen LogP contribution in [0.5, 0.6) is 0 Å². The van der Waals surface area contributed by atoms with Crippen molar-refractivity contribution in [1.29, 1.82) is 0 Å². The highest BCUT2D eigenvalue weighted by atomic mass is 32.1. The van der Waals surface area contributed by atoms with Gasteiger partial charge in [-0.05, 0) is 30.5 Å². The van der Waals surface area contributed by atoms with E-state index in [1.165, 1.54) is 11.1 Å². The number of thiophene rings is 1. The quantitative estimate of drug-likeness (QED) is 0.675. The molecule has 5 heteroatoms. The Balaban J connectivity index is 2.26. The zero-order chi connectivity index (χ0) is 18.1. The van der Waals surface area contributed by atoms with Gasteiger partial charge in [0.25, 0.3) is 5.56 Å². The SMILES string of the molecule is COCCn1c(C(C)C)nc2scc(-c3ccc(C)c(C)c3)c2c1=O. The van der Waals surface area contributed by atoms with E-state index < -0.39 is 0 Å². The minimum Gasteiger partial charge on any atom is -0.383 e. The van der Waals surface area contributed by atoms with Gasteiger partial charge < -0.3 is 4.74 Å². The van der Waals surface area contributed by atoms with Crippen molar-refractivity contribution in [1.82, 2.24) is 9.55 Å². The van der Waals surface area contributed by atoms with Gasteiger partial charge in [0.05, 0.1) is 18.5 Å². The first-order valence-electron chi connectivity index (χ1n) is 8.52. The van der Waals surface area contributed by atoms with Gasteiger partial charge in [0.1, 0.15) is 10.7 Å². The Hall–Kier alpha value is -1.98. The standard InChI is InChI=1S/C20H24N2O2S/c1-12(2)18-21-19-17(20(23)22(18)8-9-24-5)16(11-25-19)15-7-6-13(3)14(4)10-15/h6-7,10-12H,8-9H2,1-5H3. The number of nitrogens with zero attached hydrogens (tertiary/aromatic N) is 2. The Morgan fingerprint density at radius 3 is 2.64 bits per heavy atom. The summed E-state index contributed by atoms with van der Waals surface area (Å²) in [4.78, 5) is 18.9. The molecular formula is C20H24N2O2S. The van der Waals surface area contributed by atoms with Gasteiger partial charge in [-0.3, -0.25) is 9.36 Å². The van der Waals surface area contributed by atoms with Crippen LogP contribution in [0.15, 0.2) is 28.4 Å². The van der Waals surface area contributed by atoms with Crippen LogP contribution in [0, 0.1) is 13.8 Å². The second kappa shape index (κ2) is 7.10. The molecule has 0 fully saturated rings. The third kappa shape index (κ3) is 3.26. The van der Waals surface area contributed by atoms with Gasteiger partial charge in [-0.15, -0.1) is 11.3 Å². The van der Waals surface area contributed by atoms with Crippen LogP contribution in [0.2, 0.25) is 0 Å². The molecule has 3 aromatic rings. The third-order valence-electron chi connectivity index (χ3n) is 4.58. The molecule has 0 amide bonds. The first kappa shape index (κ1) is 17.8. The Bertz CT molecular complexity index is 970. The minimum atomic E-state index is 0.0280. The lowest BCUT2D eigenvalue weighted by atomic mass is 10.0. The lowest BCUT2D eigenvalue weighted by Gasteiger charge is -2.15. The summed E-state index contributed by atoms with van der Waals surface area (Å²) >= 11 is 1.54. The van der Waals surface area contributed by atoms with Gasteiger partial charge in [-0.1, -0.05) is 32.0 Å². The molecule has 0 unspecified atom stereocenters. The smallest absolute Gasteiger partial charge is 0.262 e. The van der Waals surface area contributed by atoms with Crippen molar-refractivity contribution in [2.45, 2.75) is 40.2 Å². The van der Waals surface area contributed by atoms with Crippen LogP contribution in [0.3, 0.4) is 0 Å². The third-order valence-corrected chi connectivity index (χ3v) is 5.45. The number of hydrogen-bond acceptors (Lipinski definition) is 4. The second-order valence-corrected chi connectivity index (χ2v) is 7.56. The average Bonchev–Trinajstić information content (AvgIpc) is 3.00. The number of benzene rings is 1. The number of ether oxygens (including phenoxy) is 1. The van der Waals surface area contributed by atoms with Gasteiger partial charge >= 0.3 is 0 Å². The van der Waals surface area contributed by atoms with E-state index in [-0.39, 0.29) is 11.5 Å². The Morgan fingerprint density at radius 1 is 1.24 bits per heavy atom. The largest absolute Gasteiger partial charge is 0.383 e. The van der Waals surface area contributed by atoms with Crippen molar-refractivity contribution in [2.24, 2.45) is 0 Å². The van der Waals surface area contributed by atoms with Crippen molar-refractivity contribution in [3.05, 3.63) is 50.9 Å². The van der Waals surface area contributed by atoms with E-state index in [9.17, 15) is 4.79 Å². The maximum Gasteiger partial charge on any atom is 0.262 e. The first-order chi connectivity index (χ1) is 11.9. The molecule has 3 rings (SSSR count). The summed E-state index contributed by atoms with van der Waals surface area (Å²) in [5.74, 6) is 1.00. The van der Waals surface area contributed by atoms with Gasteiger partial charge in [0, 0.05) is 24.0 Å². The highest BCUT2D eigenvalue weighted by Gasteiger charge is 2.18. The fourth-order valence-corrected chi connectivity index (χ4v) is 3.95. The Kier molecular flexibility index (Phi) is 5.06. The van der Waals surface area contributed by atoms with E-state index in [2.05, 4.69) is 45.9 Å². The molecule has 0 radical (unpaired) electrons. The predicted molar refractivity (Wildman–Crippen MR) is 105 cm³/mol. The van der Waals surface area contributed by atoms with Crippen LogP contribution < -0.4 is 5.56 Å². The average molecular weight is 356 g/mol. The molecule has 132 valence electrons. The molecule has 0 aliphatic rings. The highest BCUT2D eigenvalue weighted by Crippen LogP contribution is 2.32. The number of hydrogen-bond donors (Lipinski definition) is 0. The molecule has 0 aliphatic heterocycles. The summed E-state index contributed by atoms with van der Waals surface area (Å²) in [6.07, 6.45) is 0. The lowest BCUT2D eigenvalue weighted by Crippen LogP contribution is -2.27. The highest BCUT2D eigenvalue weighted by molar-refractivity contribution is 7.17. The van der Waals surface area contributed by atoms with Crippen LogP contribution in [0.4, 0.5) is 0 Å². The molecule has 2 heterocycles. The summed E-state index contributed by atoms with van der Waals surface area (Å²) in [6, 6.07) is 6.33. The molecule has 0 saturated carbocycles. The second-order valence-electron chi connectivity index (χ2n) is 6.70. The summed E-state index contributed by atoms with van der Waals surface area (Å²) < 4.78 is 6.96. The fourth-order valence-electron chi connectivity index (χ4n) is 3.00. The zero-order valence-corrected chi connectivity index (χ0v) is 16.2. The predicted octanol–water partition coefficient (Wildman–Crippen LogP) is 4.51. The number of methoxy groups -OCH3 is 1. The minimum absolute atomic E-state index is 0.0280. The molecule has 0 atom stereocenters. The molecular weight excluding hydrogens is 332 g/mol. The van der Waals surface area contributed by atoms with Gasteiger partial charge in [0.15, 0.2) is 0 Å². The number of fused-ring (bicyclic) bond motifs is 1. The maximum atomic E-state index is 13.2. The molecule has 0 saturated heterocycles. The van der Waals surface area contributed by atoms with E-state index in [1.807, 2.05) is 5.38 Å². The molecule has 2 aromatic heterocycles. The van der Waals surface area contributed by atoms with E-state index in [0.717, 1.165) is 21.8 Å².